The highest BCUT2D eigenvalue weighted by Crippen LogP contribution is 2.40. The smallest absolute Gasteiger partial charge is 0.352 e. The molecule has 3 aromatic rings. The number of aromatic nitrogens is 3. The first kappa shape index (κ1) is 24.1. The fraction of sp³-hybridized carbons (Fsp3) is 0.238. The standard InChI is InChI=1S/C21H18ClN7O5S2/c1-34-26-14(12-9-36-21(23)24-12)17(30)25-15-18(31)29-16(20(32)33)10(8-35-19(15)29)6-27-4-5-28-11(7-27)2-3-13(28)22/h2-5,7,9,15,19H,6,8H2,1H3,(H3-,23,24,25,30,32,33)/p+1/b26-14-/t15-,19-/m1/s1. The van der Waals surface area contributed by atoms with E-state index in [-0.39, 0.29) is 28.8 Å². The van der Waals surface area contributed by atoms with Gasteiger partial charge in [-0.1, -0.05) is 16.8 Å². The van der Waals surface area contributed by atoms with Crippen LogP contribution in [-0.4, -0.2) is 67.2 Å². The van der Waals surface area contributed by atoms with E-state index in [9.17, 15) is 19.5 Å². The Balaban J connectivity index is 1.36. The van der Waals surface area contributed by atoms with Crippen LogP contribution in [0.25, 0.3) is 5.52 Å². The molecule has 0 saturated carbocycles. The lowest BCUT2D eigenvalue weighted by Gasteiger charge is -2.49. The van der Waals surface area contributed by atoms with Gasteiger partial charge in [0.05, 0.1) is 6.20 Å². The Morgan fingerprint density at radius 1 is 1.44 bits per heavy atom. The normalized spacial score (nSPS) is 19.8. The zero-order valence-electron chi connectivity index (χ0n) is 18.6. The molecule has 2 atom stereocenters. The van der Waals surface area contributed by atoms with Crippen molar-refractivity contribution >= 4 is 68.8 Å². The van der Waals surface area contributed by atoms with Gasteiger partial charge in [0, 0.05) is 16.7 Å². The number of fused-ring (bicyclic) bond motifs is 2. The monoisotopic (exact) mass is 548 g/mol. The number of thiazole rings is 1. The molecule has 2 amide bonds. The molecule has 3 aromatic heterocycles. The van der Waals surface area contributed by atoms with Crippen molar-refractivity contribution in [3.05, 3.63) is 58.2 Å². The Hall–Kier alpha value is -3.62. The summed E-state index contributed by atoms with van der Waals surface area (Å²) in [4.78, 5) is 48.1. The lowest BCUT2D eigenvalue weighted by Crippen LogP contribution is -2.71. The number of hydrogen-bond donors (Lipinski definition) is 3. The maximum atomic E-state index is 13.0. The van der Waals surface area contributed by atoms with Gasteiger partial charge in [0.25, 0.3) is 11.8 Å². The molecule has 1 saturated heterocycles. The van der Waals surface area contributed by atoms with Gasteiger partial charge in [0.15, 0.2) is 29.8 Å². The first-order valence-electron chi connectivity index (χ1n) is 10.5. The fourth-order valence-electron chi connectivity index (χ4n) is 4.09. The molecule has 36 heavy (non-hydrogen) atoms. The molecule has 2 aliphatic heterocycles. The number of aliphatic carboxylic acids is 1. The highest BCUT2D eigenvalue weighted by atomic mass is 35.5. The van der Waals surface area contributed by atoms with Crippen LogP contribution in [-0.2, 0) is 25.8 Å². The number of rotatable bonds is 7. The van der Waals surface area contributed by atoms with Crippen molar-refractivity contribution in [3.63, 3.8) is 0 Å². The third kappa shape index (κ3) is 4.16. The molecule has 0 bridgehead atoms. The number of carboxylic acids is 1. The number of carboxylic acid groups (broad SMARTS) is 1. The van der Waals surface area contributed by atoms with E-state index >= 15 is 0 Å². The Labute approximate surface area is 217 Å². The number of halogens is 1. The minimum absolute atomic E-state index is 0.0758. The molecule has 12 nitrogen and oxygen atoms in total. The average molecular weight is 549 g/mol. The summed E-state index contributed by atoms with van der Waals surface area (Å²) in [6.45, 7) is 0.275. The molecule has 0 aromatic carbocycles. The molecule has 0 aliphatic carbocycles. The van der Waals surface area contributed by atoms with Gasteiger partial charge in [-0.25, -0.2) is 9.78 Å². The lowest BCUT2D eigenvalue weighted by molar-refractivity contribution is -0.688. The van der Waals surface area contributed by atoms with Crippen molar-refractivity contribution in [1.29, 1.82) is 0 Å². The summed E-state index contributed by atoms with van der Waals surface area (Å²) in [7, 11) is 1.28. The van der Waals surface area contributed by atoms with Crippen molar-refractivity contribution < 1.29 is 28.9 Å². The molecule has 0 unspecified atom stereocenters. The highest BCUT2D eigenvalue weighted by Gasteiger charge is 2.54. The summed E-state index contributed by atoms with van der Waals surface area (Å²) in [5.41, 5.74) is 7.07. The van der Waals surface area contributed by atoms with Crippen LogP contribution in [0.15, 0.2) is 52.5 Å². The number of carbonyl (C=O) groups is 3. The van der Waals surface area contributed by atoms with Gasteiger partial charge >= 0.3 is 5.97 Å². The van der Waals surface area contributed by atoms with Crippen LogP contribution in [0.5, 0.6) is 0 Å². The third-order valence-corrected chi connectivity index (χ3v) is 8.00. The Kier molecular flexibility index (Phi) is 6.32. The van der Waals surface area contributed by atoms with Gasteiger partial charge in [0.1, 0.15) is 40.6 Å². The quantitative estimate of drug-likeness (QED) is 0.169. The highest BCUT2D eigenvalue weighted by molar-refractivity contribution is 8.00. The number of nitrogens with one attached hydrogen (secondary N) is 1. The van der Waals surface area contributed by atoms with Gasteiger partial charge in [-0.15, -0.1) is 23.1 Å². The van der Waals surface area contributed by atoms with E-state index in [1.54, 1.807) is 28.2 Å². The van der Waals surface area contributed by atoms with Gasteiger partial charge in [0.2, 0.25) is 0 Å². The maximum absolute atomic E-state index is 13.0. The molecule has 0 spiro atoms. The molecule has 1 fully saturated rings. The second kappa shape index (κ2) is 9.44. The largest absolute Gasteiger partial charge is 0.477 e. The second-order valence-corrected chi connectivity index (χ2v) is 10.2. The van der Waals surface area contributed by atoms with Crippen LogP contribution in [0.3, 0.4) is 0 Å². The number of carbonyl (C=O) groups excluding carboxylic acids is 2. The zero-order valence-corrected chi connectivity index (χ0v) is 21.0. The van der Waals surface area contributed by atoms with E-state index in [4.69, 9.17) is 22.2 Å². The third-order valence-electron chi connectivity index (χ3n) is 5.68. The Morgan fingerprint density at radius 3 is 2.94 bits per heavy atom. The van der Waals surface area contributed by atoms with E-state index in [0.717, 1.165) is 16.9 Å². The van der Waals surface area contributed by atoms with Crippen molar-refractivity contribution in [2.75, 3.05) is 18.6 Å². The van der Waals surface area contributed by atoms with Crippen LogP contribution in [0.2, 0.25) is 5.15 Å². The number of nitrogen functional groups attached to an aromatic ring is 1. The van der Waals surface area contributed by atoms with E-state index in [2.05, 4.69) is 15.5 Å². The van der Waals surface area contributed by atoms with Gasteiger partial charge < -0.3 is 21.0 Å². The summed E-state index contributed by atoms with van der Waals surface area (Å²) in [5.74, 6) is -2.05. The molecule has 0 radical (unpaired) electrons. The first-order chi connectivity index (χ1) is 17.3. The number of anilines is 1. The molecular formula is C21H19ClN7O5S2+. The average Bonchev–Trinajstić information content (AvgIpc) is 3.45. The van der Waals surface area contributed by atoms with E-state index in [0.29, 0.717) is 16.5 Å². The number of nitrogens with two attached hydrogens (primary N) is 1. The SMILES string of the molecule is CO/N=C(\C(=O)N[C@@H]1C(=O)N2C(C(=O)O)=C(C[n+]3ccn4c(Cl)ccc4c3)CS[C@H]12)c1csc(N)n1. The van der Waals surface area contributed by atoms with E-state index in [1.807, 2.05) is 16.8 Å². The number of hydrogen-bond acceptors (Lipinski definition) is 9. The zero-order chi connectivity index (χ0) is 25.6. The van der Waals surface area contributed by atoms with Gasteiger partial charge in [-0.05, 0) is 12.1 Å². The molecule has 2 aliphatic rings. The fourth-order valence-corrected chi connectivity index (χ4v) is 6.19. The summed E-state index contributed by atoms with van der Waals surface area (Å²) in [6, 6.07) is 2.69. The minimum Gasteiger partial charge on any atom is -0.477 e. The van der Waals surface area contributed by atoms with Crippen LogP contribution in [0.4, 0.5) is 5.13 Å². The van der Waals surface area contributed by atoms with E-state index < -0.39 is 29.2 Å². The van der Waals surface area contributed by atoms with Crippen LogP contribution in [0, 0.1) is 0 Å². The van der Waals surface area contributed by atoms with Crippen LogP contribution in [0.1, 0.15) is 5.69 Å². The van der Waals surface area contributed by atoms with Crippen molar-refractivity contribution in [2.24, 2.45) is 5.16 Å². The van der Waals surface area contributed by atoms with Crippen molar-refractivity contribution in [1.82, 2.24) is 19.6 Å². The number of oxime groups is 1. The summed E-state index contributed by atoms with van der Waals surface area (Å²) in [5, 5.41) is 18.1. The Bertz CT molecular complexity index is 1470. The van der Waals surface area contributed by atoms with Crippen molar-refractivity contribution in [2.45, 2.75) is 18.0 Å². The van der Waals surface area contributed by atoms with Crippen LogP contribution >= 0.6 is 34.7 Å². The predicted octanol–water partition coefficient (Wildman–Crippen LogP) is 0.708. The number of β-lactam (4-membered cyclic amide) rings is 1. The molecule has 5 rings (SSSR count). The number of thioether (sulfide) groups is 1. The lowest BCUT2D eigenvalue weighted by atomic mass is 10.0. The van der Waals surface area contributed by atoms with Gasteiger partial charge in [-0.3, -0.25) is 18.9 Å². The summed E-state index contributed by atoms with van der Waals surface area (Å²) in [6.07, 6.45) is 5.41. The molecule has 15 heteroatoms. The summed E-state index contributed by atoms with van der Waals surface area (Å²) < 4.78 is 3.63. The molecule has 4 N–H and O–H groups in total. The number of nitrogens with zero attached hydrogens (tertiary/aromatic N) is 5. The molecule has 5 heterocycles. The number of amides is 2. The van der Waals surface area contributed by atoms with Crippen LogP contribution < -0.4 is 15.6 Å². The topological polar surface area (TPSA) is 156 Å². The molecule has 186 valence electrons. The van der Waals surface area contributed by atoms with Gasteiger partial charge in [-0.2, -0.15) is 4.57 Å². The maximum Gasteiger partial charge on any atom is 0.352 e. The summed E-state index contributed by atoms with van der Waals surface area (Å²) >= 11 is 8.63. The molecular weight excluding hydrogens is 530 g/mol. The van der Waals surface area contributed by atoms with E-state index in [1.165, 1.54) is 23.8 Å². The first-order valence-corrected chi connectivity index (χ1v) is 12.8. The van der Waals surface area contributed by atoms with Crippen molar-refractivity contribution in [3.8, 4) is 0 Å². The second-order valence-electron chi connectivity index (χ2n) is 7.86. The minimum atomic E-state index is -1.21. The Morgan fingerprint density at radius 2 is 2.25 bits per heavy atom. The predicted molar refractivity (Wildman–Crippen MR) is 132 cm³/mol.